The quantitative estimate of drug-likeness (QED) is 0.569. The van der Waals surface area contributed by atoms with Crippen molar-refractivity contribution in [2.75, 3.05) is 26.0 Å². The molecule has 6 nitrogen and oxygen atoms in total. The van der Waals surface area contributed by atoms with Gasteiger partial charge in [-0.25, -0.2) is 0 Å². The zero-order chi connectivity index (χ0) is 16.9. The molecule has 126 valence electrons. The number of amides is 1. The molecule has 0 bridgehead atoms. The SMILES string of the molecule is CN=C(NCC(=O)Nc1ccccc1)NC1CC(OC)C1(C)C. The summed E-state index contributed by atoms with van der Waals surface area (Å²) < 4.78 is 5.45. The maximum Gasteiger partial charge on any atom is 0.243 e. The molecule has 0 saturated heterocycles. The lowest BCUT2D eigenvalue weighted by Crippen LogP contribution is -2.63. The van der Waals surface area contributed by atoms with Gasteiger partial charge < -0.3 is 20.7 Å². The van der Waals surface area contributed by atoms with E-state index in [9.17, 15) is 4.79 Å². The minimum Gasteiger partial charge on any atom is -0.381 e. The number of aliphatic imine (C=N–C) groups is 1. The molecule has 1 amide bonds. The molecule has 0 aliphatic heterocycles. The summed E-state index contributed by atoms with van der Waals surface area (Å²) in [6.45, 7) is 4.49. The molecule has 0 aromatic heterocycles. The number of hydrogen-bond donors (Lipinski definition) is 3. The van der Waals surface area contributed by atoms with Crippen LogP contribution in [0.5, 0.6) is 0 Å². The van der Waals surface area contributed by atoms with Crippen molar-refractivity contribution in [3.63, 3.8) is 0 Å². The van der Waals surface area contributed by atoms with Crippen LogP contribution in [0.3, 0.4) is 0 Å². The van der Waals surface area contributed by atoms with Gasteiger partial charge in [0, 0.05) is 31.3 Å². The standard InChI is InChI=1S/C17H26N4O2/c1-17(2)13(10-14(17)23-4)21-16(18-3)19-11-15(22)20-12-8-6-5-7-9-12/h5-9,13-14H,10-11H2,1-4H3,(H,20,22)(H2,18,19,21). The number of carbonyl (C=O) groups excluding carboxylic acids is 1. The third kappa shape index (κ3) is 4.22. The van der Waals surface area contributed by atoms with Crippen LogP contribution in [0.4, 0.5) is 5.69 Å². The van der Waals surface area contributed by atoms with Gasteiger partial charge in [-0.1, -0.05) is 32.0 Å². The minimum atomic E-state index is -0.109. The van der Waals surface area contributed by atoms with Crippen LogP contribution in [0.2, 0.25) is 0 Å². The van der Waals surface area contributed by atoms with E-state index in [1.807, 2.05) is 30.3 Å². The Morgan fingerprint density at radius 1 is 1.35 bits per heavy atom. The fraction of sp³-hybridized carbons (Fsp3) is 0.529. The number of rotatable bonds is 5. The predicted molar refractivity (Wildman–Crippen MR) is 92.6 cm³/mol. The molecule has 2 unspecified atom stereocenters. The lowest BCUT2D eigenvalue weighted by atomic mass is 9.64. The first-order valence-corrected chi connectivity index (χ1v) is 7.82. The Morgan fingerprint density at radius 3 is 2.61 bits per heavy atom. The molecule has 1 aromatic rings. The molecular formula is C17H26N4O2. The van der Waals surface area contributed by atoms with Gasteiger partial charge >= 0.3 is 0 Å². The van der Waals surface area contributed by atoms with E-state index < -0.39 is 0 Å². The van der Waals surface area contributed by atoms with Crippen molar-refractivity contribution < 1.29 is 9.53 Å². The normalized spacial score (nSPS) is 22.9. The van der Waals surface area contributed by atoms with Gasteiger partial charge in [-0.05, 0) is 18.6 Å². The molecule has 1 fully saturated rings. The number of nitrogens with zero attached hydrogens (tertiary/aromatic N) is 1. The summed E-state index contributed by atoms with van der Waals surface area (Å²) in [6, 6.07) is 9.66. The number of guanidine groups is 1. The van der Waals surface area contributed by atoms with E-state index in [1.165, 1.54) is 0 Å². The maximum atomic E-state index is 12.0. The predicted octanol–water partition coefficient (Wildman–Crippen LogP) is 1.60. The van der Waals surface area contributed by atoms with E-state index in [0.29, 0.717) is 5.96 Å². The molecule has 2 atom stereocenters. The van der Waals surface area contributed by atoms with Crippen molar-refractivity contribution in [1.82, 2.24) is 10.6 Å². The summed E-state index contributed by atoms with van der Waals surface area (Å²) in [5, 5.41) is 9.23. The second-order valence-electron chi connectivity index (χ2n) is 6.32. The summed E-state index contributed by atoms with van der Waals surface area (Å²) in [7, 11) is 3.44. The number of carbonyl (C=O) groups is 1. The van der Waals surface area contributed by atoms with Crippen LogP contribution < -0.4 is 16.0 Å². The first-order valence-electron chi connectivity index (χ1n) is 7.82. The molecule has 1 aromatic carbocycles. The maximum absolute atomic E-state index is 12.0. The van der Waals surface area contributed by atoms with Crippen molar-refractivity contribution >= 4 is 17.6 Å². The summed E-state index contributed by atoms with van der Waals surface area (Å²) in [6.07, 6.45) is 1.18. The van der Waals surface area contributed by atoms with Crippen LogP contribution in [0.25, 0.3) is 0 Å². The third-order valence-electron chi connectivity index (χ3n) is 4.47. The van der Waals surface area contributed by atoms with E-state index in [2.05, 4.69) is 34.8 Å². The molecule has 6 heteroatoms. The average Bonchev–Trinajstić information content (AvgIpc) is 2.54. The zero-order valence-electron chi connectivity index (χ0n) is 14.2. The highest BCUT2D eigenvalue weighted by Gasteiger charge is 2.48. The van der Waals surface area contributed by atoms with E-state index in [1.54, 1.807) is 14.2 Å². The third-order valence-corrected chi connectivity index (χ3v) is 4.47. The van der Waals surface area contributed by atoms with Crippen molar-refractivity contribution in [1.29, 1.82) is 0 Å². The van der Waals surface area contributed by atoms with Crippen molar-refractivity contribution in [2.24, 2.45) is 10.4 Å². The largest absolute Gasteiger partial charge is 0.381 e. The highest BCUT2D eigenvalue weighted by atomic mass is 16.5. The Hall–Kier alpha value is -2.08. The number of anilines is 1. The number of benzene rings is 1. The molecule has 3 N–H and O–H groups in total. The van der Waals surface area contributed by atoms with Gasteiger partial charge in [-0.3, -0.25) is 9.79 Å². The van der Waals surface area contributed by atoms with Gasteiger partial charge in [0.1, 0.15) is 0 Å². The second kappa shape index (κ2) is 7.46. The van der Waals surface area contributed by atoms with Crippen molar-refractivity contribution in [2.45, 2.75) is 32.4 Å². The number of ether oxygens (including phenoxy) is 1. The Morgan fingerprint density at radius 2 is 2.04 bits per heavy atom. The molecule has 2 rings (SSSR count). The number of methoxy groups -OCH3 is 1. The van der Waals surface area contributed by atoms with Crippen LogP contribution >= 0.6 is 0 Å². The number of hydrogen-bond acceptors (Lipinski definition) is 3. The average molecular weight is 318 g/mol. The first kappa shape index (κ1) is 17.3. The van der Waals surface area contributed by atoms with Crippen LogP contribution in [-0.2, 0) is 9.53 Å². The Kier molecular flexibility index (Phi) is 5.60. The van der Waals surface area contributed by atoms with E-state index in [-0.39, 0.29) is 30.0 Å². The van der Waals surface area contributed by atoms with Gasteiger partial charge in [-0.15, -0.1) is 0 Å². The van der Waals surface area contributed by atoms with Crippen LogP contribution in [0.1, 0.15) is 20.3 Å². The first-order chi connectivity index (χ1) is 11.0. The molecule has 1 aliphatic rings. The molecule has 1 aliphatic carbocycles. The molecule has 0 radical (unpaired) electrons. The molecule has 1 saturated carbocycles. The van der Waals surface area contributed by atoms with Gasteiger partial charge in [0.2, 0.25) is 5.91 Å². The van der Waals surface area contributed by atoms with Crippen molar-refractivity contribution in [3.8, 4) is 0 Å². The van der Waals surface area contributed by atoms with Crippen LogP contribution in [-0.4, -0.2) is 44.7 Å². The smallest absolute Gasteiger partial charge is 0.243 e. The van der Waals surface area contributed by atoms with Crippen molar-refractivity contribution in [3.05, 3.63) is 30.3 Å². The number of nitrogens with one attached hydrogen (secondary N) is 3. The molecular weight excluding hydrogens is 292 g/mol. The highest BCUT2D eigenvalue weighted by molar-refractivity contribution is 5.95. The summed E-state index contributed by atoms with van der Waals surface area (Å²) in [4.78, 5) is 16.1. The van der Waals surface area contributed by atoms with Gasteiger partial charge in [0.25, 0.3) is 0 Å². The molecule has 0 spiro atoms. The Labute approximate surface area is 137 Å². The fourth-order valence-corrected chi connectivity index (χ4v) is 2.78. The lowest BCUT2D eigenvalue weighted by molar-refractivity contribution is -0.115. The molecule has 0 heterocycles. The minimum absolute atomic E-state index is 0.0403. The Bertz CT molecular complexity index is 557. The summed E-state index contributed by atoms with van der Waals surface area (Å²) >= 11 is 0. The summed E-state index contributed by atoms with van der Waals surface area (Å²) in [5.74, 6) is 0.516. The van der Waals surface area contributed by atoms with Gasteiger partial charge in [0.05, 0.1) is 12.6 Å². The fourth-order valence-electron chi connectivity index (χ4n) is 2.78. The lowest BCUT2D eigenvalue weighted by Gasteiger charge is -2.51. The van der Waals surface area contributed by atoms with Gasteiger partial charge in [0.15, 0.2) is 5.96 Å². The monoisotopic (exact) mass is 318 g/mol. The van der Waals surface area contributed by atoms with E-state index >= 15 is 0 Å². The van der Waals surface area contributed by atoms with Crippen LogP contribution in [0.15, 0.2) is 35.3 Å². The topological polar surface area (TPSA) is 74.8 Å². The second-order valence-corrected chi connectivity index (χ2v) is 6.32. The summed E-state index contributed by atoms with van der Waals surface area (Å²) in [5.41, 5.74) is 0.823. The van der Waals surface area contributed by atoms with E-state index in [4.69, 9.17) is 4.74 Å². The molecule has 23 heavy (non-hydrogen) atoms. The Balaban J connectivity index is 1.79. The highest BCUT2D eigenvalue weighted by Crippen LogP contribution is 2.42. The van der Waals surface area contributed by atoms with Crippen LogP contribution in [0, 0.1) is 5.41 Å². The van der Waals surface area contributed by atoms with E-state index in [0.717, 1.165) is 12.1 Å². The number of para-hydroxylation sites is 1. The zero-order valence-corrected chi connectivity index (χ0v) is 14.2. The van der Waals surface area contributed by atoms with Gasteiger partial charge in [-0.2, -0.15) is 0 Å².